The highest BCUT2D eigenvalue weighted by molar-refractivity contribution is 5.91. The van der Waals surface area contributed by atoms with Crippen molar-refractivity contribution in [3.8, 4) is 0 Å². The number of fused-ring (bicyclic) bond motifs is 3. The Bertz CT molecular complexity index is 1200. The van der Waals surface area contributed by atoms with Crippen LogP contribution in [0.3, 0.4) is 0 Å². The van der Waals surface area contributed by atoms with Crippen molar-refractivity contribution in [1.29, 1.82) is 0 Å². The number of carbonyl (C=O) groups excluding carboxylic acids is 1. The van der Waals surface area contributed by atoms with Crippen LogP contribution >= 0.6 is 0 Å². The second kappa shape index (κ2) is 9.69. The number of hydrogen-bond acceptors (Lipinski definition) is 8. The van der Waals surface area contributed by atoms with Crippen molar-refractivity contribution in [2.45, 2.75) is 71.2 Å². The van der Waals surface area contributed by atoms with Gasteiger partial charge in [0, 0.05) is 41.3 Å². The molecule has 3 atom stereocenters. The molecule has 2 fully saturated rings. The number of aliphatic hydroxyl groups is 1. The molecule has 35 heavy (non-hydrogen) atoms. The molecule has 1 unspecified atom stereocenters. The molecule has 10 nitrogen and oxygen atoms in total. The van der Waals surface area contributed by atoms with Crippen molar-refractivity contribution < 1.29 is 14.6 Å². The lowest BCUT2D eigenvalue weighted by Gasteiger charge is -2.38. The minimum absolute atomic E-state index is 0.128. The Morgan fingerprint density at radius 1 is 1.20 bits per heavy atom. The van der Waals surface area contributed by atoms with Crippen LogP contribution in [-0.4, -0.2) is 61.0 Å². The number of H-pyrrole nitrogens is 1. The maximum absolute atomic E-state index is 12.7. The molecule has 186 valence electrons. The van der Waals surface area contributed by atoms with Gasteiger partial charge >= 0.3 is 6.09 Å². The lowest BCUT2D eigenvalue weighted by atomic mass is 9.97. The van der Waals surface area contributed by atoms with Crippen LogP contribution in [0.1, 0.15) is 50.9 Å². The summed E-state index contributed by atoms with van der Waals surface area (Å²) in [5.41, 5.74) is 2.28. The second-order valence-electron chi connectivity index (χ2n) is 10.0. The highest BCUT2D eigenvalue weighted by Gasteiger charge is 2.44. The molecule has 0 aromatic carbocycles. The number of aliphatic hydroxyl groups excluding tert-OH is 1. The lowest BCUT2D eigenvalue weighted by Crippen LogP contribution is -2.50. The third-order valence-electron chi connectivity index (χ3n) is 6.69. The number of hydrogen-bond donors (Lipinski definition) is 4. The summed E-state index contributed by atoms with van der Waals surface area (Å²) in [6.45, 7) is 6.35. The Morgan fingerprint density at radius 2 is 1.97 bits per heavy atom. The largest absolute Gasteiger partial charge is 0.449 e. The molecule has 5 rings (SSSR count). The van der Waals surface area contributed by atoms with E-state index >= 15 is 0 Å². The van der Waals surface area contributed by atoms with E-state index in [-0.39, 0.29) is 30.8 Å². The number of piperidine rings is 1. The van der Waals surface area contributed by atoms with Gasteiger partial charge < -0.3 is 25.4 Å². The first kappa shape index (κ1) is 23.3. The van der Waals surface area contributed by atoms with Gasteiger partial charge in [-0.15, -0.1) is 0 Å². The van der Waals surface area contributed by atoms with Crippen LogP contribution in [0.2, 0.25) is 0 Å². The van der Waals surface area contributed by atoms with E-state index in [4.69, 9.17) is 9.72 Å². The maximum Gasteiger partial charge on any atom is 0.410 e. The van der Waals surface area contributed by atoms with E-state index in [9.17, 15) is 9.90 Å². The van der Waals surface area contributed by atoms with Crippen LogP contribution in [0.4, 0.5) is 22.2 Å². The van der Waals surface area contributed by atoms with Gasteiger partial charge in [0.1, 0.15) is 11.6 Å². The Labute approximate surface area is 204 Å². The normalized spacial score (nSPS) is 21.5. The minimum atomic E-state index is -0.186. The molecule has 3 aromatic rings. The topological polar surface area (TPSA) is 128 Å². The average Bonchev–Trinajstić information content (AvgIpc) is 3.36. The zero-order valence-electron chi connectivity index (χ0n) is 20.4. The Balaban J connectivity index is 1.37. The van der Waals surface area contributed by atoms with E-state index in [0.717, 1.165) is 48.1 Å². The molecule has 0 aliphatic carbocycles. The molecule has 2 aliphatic heterocycles. The number of nitrogens with one attached hydrogen (secondary N) is 3. The van der Waals surface area contributed by atoms with Crippen molar-refractivity contribution in [3.63, 3.8) is 0 Å². The first-order valence-corrected chi connectivity index (χ1v) is 12.3. The van der Waals surface area contributed by atoms with Gasteiger partial charge in [-0.25, -0.2) is 9.78 Å². The zero-order chi connectivity index (χ0) is 24.5. The summed E-state index contributed by atoms with van der Waals surface area (Å²) in [6, 6.07) is 8.05. The SMILES string of the molecule is Cc1cc(Nc2cc3nc(CO)ccc3c(NC3C[C@H]4CC[C@@H](C3)N4C(=O)OCC(C)C)n2)n[nH]1. The van der Waals surface area contributed by atoms with E-state index in [0.29, 0.717) is 29.9 Å². The van der Waals surface area contributed by atoms with Gasteiger partial charge in [0.05, 0.1) is 24.4 Å². The summed E-state index contributed by atoms with van der Waals surface area (Å²) in [4.78, 5) is 24.1. The van der Waals surface area contributed by atoms with E-state index in [1.54, 1.807) is 0 Å². The summed E-state index contributed by atoms with van der Waals surface area (Å²) in [6.07, 6.45) is 3.49. The van der Waals surface area contributed by atoms with Gasteiger partial charge in [-0.3, -0.25) is 10.1 Å². The number of carbonyl (C=O) groups is 1. The van der Waals surface area contributed by atoms with Crippen LogP contribution in [0.25, 0.3) is 10.9 Å². The molecule has 0 saturated carbocycles. The van der Waals surface area contributed by atoms with Gasteiger partial charge in [0.15, 0.2) is 5.82 Å². The number of rotatable bonds is 7. The van der Waals surface area contributed by atoms with Crippen molar-refractivity contribution in [2.75, 3.05) is 17.2 Å². The third kappa shape index (κ3) is 5.02. The molecule has 0 radical (unpaired) electrons. The maximum atomic E-state index is 12.7. The first-order chi connectivity index (χ1) is 16.9. The highest BCUT2D eigenvalue weighted by Crippen LogP contribution is 2.38. The molecular formula is C25H33N7O3. The van der Waals surface area contributed by atoms with Crippen LogP contribution in [0.5, 0.6) is 0 Å². The molecule has 0 spiro atoms. The highest BCUT2D eigenvalue weighted by atomic mass is 16.6. The molecule has 1 amide bonds. The first-order valence-electron chi connectivity index (χ1n) is 12.3. The monoisotopic (exact) mass is 479 g/mol. The third-order valence-corrected chi connectivity index (χ3v) is 6.69. The van der Waals surface area contributed by atoms with Gasteiger partial charge in [-0.05, 0) is 50.7 Å². The Hall–Kier alpha value is -3.40. The molecular weight excluding hydrogens is 446 g/mol. The van der Waals surface area contributed by atoms with Crippen LogP contribution in [0.15, 0.2) is 24.3 Å². The van der Waals surface area contributed by atoms with Gasteiger partial charge in [0.2, 0.25) is 0 Å². The zero-order valence-corrected chi connectivity index (χ0v) is 20.4. The number of aromatic nitrogens is 4. The van der Waals surface area contributed by atoms with Gasteiger partial charge in [-0.1, -0.05) is 13.8 Å². The summed E-state index contributed by atoms with van der Waals surface area (Å²) < 4.78 is 5.54. The lowest BCUT2D eigenvalue weighted by molar-refractivity contribution is 0.0603. The van der Waals surface area contributed by atoms with E-state index in [1.807, 2.05) is 49.9 Å². The van der Waals surface area contributed by atoms with E-state index in [2.05, 4.69) is 25.8 Å². The van der Waals surface area contributed by atoms with Gasteiger partial charge in [-0.2, -0.15) is 5.10 Å². The van der Waals surface area contributed by atoms with E-state index < -0.39 is 0 Å². The summed E-state index contributed by atoms with van der Waals surface area (Å²) >= 11 is 0. The summed E-state index contributed by atoms with van der Waals surface area (Å²) in [5.74, 6) is 2.34. The van der Waals surface area contributed by atoms with E-state index in [1.165, 1.54) is 0 Å². The average molecular weight is 480 g/mol. The van der Waals surface area contributed by atoms with Crippen molar-refractivity contribution >= 4 is 34.4 Å². The fourth-order valence-electron chi connectivity index (χ4n) is 5.14. The number of aromatic amines is 1. The van der Waals surface area contributed by atoms with Gasteiger partial charge in [0.25, 0.3) is 0 Å². The summed E-state index contributed by atoms with van der Waals surface area (Å²) in [5, 5.41) is 24.5. The van der Waals surface area contributed by atoms with Crippen molar-refractivity contribution in [2.24, 2.45) is 5.92 Å². The van der Waals surface area contributed by atoms with Crippen LogP contribution < -0.4 is 10.6 Å². The van der Waals surface area contributed by atoms with Crippen LogP contribution in [-0.2, 0) is 11.3 Å². The molecule has 5 heterocycles. The second-order valence-corrected chi connectivity index (χ2v) is 10.0. The van der Waals surface area contributed by atoms with Crippen LogP contribution in [0, 0.1) is 12.8 Å². The smallest absolute Gasteiger partial charge is 0.410 e. The molecule has 10 heteroatoms. The predicted molar refractivity (Wildman–Crippen MR) is 134 cm³/mol. The Kier molecular flexibility index (Phi) is 6.46. The number of nitrogens with zero attached hydrogens (tertiary/aromatic N) is 4. The fourth-order valence-corrected chi connectivity index (χ4v) is 5.14. The predicted octanol–water partition coefficient (Wildman–Crippen LogP) is 4.10. The van der Waals surface area contributed by atoms with Crippen molar-refractivity contribution in [1.82, 2.24) is 25.1 Å². The Morgan fingerprint density at radius 3 is 2.63 bits per heavy atom. The number of ether oxygens (including phenoxy) is 1. The molecule has 2 saturated heterocycles. The number of aryl methyl sites for hydroxylation is 1. The standard InChI is InChI=1S/C25H33N7O3/c1-14(2)13-35-25(34)32-18-5-6-19(32)10-17(9-18)27-24-20-7-4-16(12-33)26-21(20)11-22(29-24)28-23-8-15(3)30-31-23/h4,7-8,11,14,17-19,33H,5-6,9-10,12-13H2,1-3H3,(H3,27,28,29,30,31)/t17?,18-,19+. The quantitative estimate of drug-likeness (QED) is 0.399. The molecule has 3 aromatic heterocycles. The van der Waals surface area contributed by atoms with Crippen molar-refractivity contribution in [3.05, 3.63) is 35.7 Å². The molecule has 2 bridgehead atoms. The molecule has 2 aliphatic rings. The fraction of sp³-hybridized carbons (Fsp3) is 0.520. The number of pyridine rings is 2. The number of amides is 1. The summed E-state index contributed by atoms with van der Waals surface area (Å²) in [7, 11) is 0. The number of anilines is 3. The minimum Gasteiger partial charge on any atom is -0.449 e. The molecule has 4 N–H and O–H groups in total.